The highest BCUT2D eigenvalue weighted by molar-refractivity contribution is 5.89. The molecule has 0 radical (unpaired) electrons. The minimum atomic E-state index is -1.04. The first-order valence-corrected chi connectivity index (χ1v) is 8.97. The molecule has 0 aliphatic carbocycles. The number of carboxylic acid groups (broad SMARTS) is 1. The first kappa shape index (κ1) is 19.5. The molecule has 0 saturated carbocycles. The minimum absolute atomic E-state index is 0.0656. The fourth-order valence-corrected chi connectivity index (χ4v) is 3.10. The minimum Gasteiger partial charge on any atom is -0.482 e. The van der Waals surface area contributed by atoms with Crippen molar-refractivity contribution in [1.29, 1.82) is 0 Å². The number of carbonyl (C=O) groups is 3. The molecular weight excluding hydrogens is 364 g/mol. The molecule has 1 saturated heterocycles. The number of carboxylic acids is 1. The molecule has 8 nitrogen and oxygen atoms in total. The molecule has 3 rings (SSSR count). The summed E-state index contributed by atoms with van der Waals surface area (Å²) in [7, 11) is 0. The molecule has 2 N–H and O–H groups in total. The SMILES string of the molecule is CC(NC(=O)C1CC(=O)N(Cc2ccco2)C1)c1ccc(OCC(=O)O)cc1. The number of ether oxygens (including phenoxy) is 1. The van der Waals surface area contributed by atoms with Crippen molar-refractivity contribution in [3.8, 4) is 5.75 Å². The third kappa shape index (κ3) is 4.91. The van der Waals surface area contributed by atoms with Crippen molar-refractivity contribution in [3.05, 3.63) is 54.0 Å². The van der Waals surface area contributed by atoms with E-state index in [4.69, 9.17) is 14.3 Å². The molecular formula is C20H22N2O6. The maximum atomic E-state index is 12.6. The number of hydrogen-bond acceptors (Lipinski definition) is 5. The second-order valence-electron chi connectivity index (χ2n) is 6.74. The second-order valence-corrected chi connectivity index (χ2v) is 6.74. The van der Waals surface area contributed by atoms with Crippen LogP contribution < -0.4 is 10.1 Å². The second kappa shape index (κ2) is 8.60. The molecule has 2 amide bonds. The molecule has 2 aromatic rings. The topological polar surface area (TPSA) is 109 Å². The van der Waals surface area contributed by atoms with Gasteiger partial charge in [-0.05, 0) is 36.8 Å². The highest BCUT2D eigenvalue weighted by Crippen LogP contribution is 2.23. The van der Waals surface area contributed by atoms with Crippen LogP contribution >= 0.6 is 0 Å². The molecule has 2 atom stereocenters. The van der Waals surface area contributed by atoms with E-state index in [1.165, 1.54) is 0 Å². The Labute approximate surface area is 162 Å². The summed E-state index contributed by atoms with van der Waals surface area (Å²) >= 11 is 0. The molecule has 2 unspecified atom stereocenters. The molecule has 0 spiro atoms. The summed E-state index contributed by atoms with van der Waals surface area (Å²) in [6.45, 7) is 2.17. The number of nitrogens with one attached hydrogen (secondary N) is 1. The van der Waals surface area contributed by atoms with Crippen molar-refractivity contribution >= 4 is 17.8 Å². The normalized spacial score (nSPS) is 17.4. The Morgan fingerprint density at radius 3 is 2.71 bits per heavy atom. The van der Waals surface area contributed by atoms with E-state index >= 15 is 0 Å². The molecule has 1 aromatic carbocycles. The van der Waals surface area contributed by atoms with Crippen LogP contribution in [0.25, 0.3) is 0 Å². The number of amides is 2. The summed E-state index contributed by atoms with van der Waals surface area (Å²) in [6.07, 6.45) is 1.74. The molecule has 28 heavy (non-hydrogen) atoms. The van der Waals surface area contributed by atoms with Gasteiger partial charge in [-0.2, -0.15) is 0 Å². The van der Waals surface area contributed by atoms with Crippen molar-refractivity contribution in [1.82, 2.24) is 10.2 Å². The van der Waals surface area contributed by atoms with Crippen LogP contribution in [0.5, 0.6) is 5.75 Å². The average molecular weight is 386 g/mol. The Bertz CT molecular complexity index is 831. The third-order valence-electron chi connectivity index (χ3n) is 4.61. The van der Waals surface area contributed by atoms with E-state index in [0.29, 0.717) is 24.6 Å². The highest BCUT2D eigenvalue weighted by Gasteiger charge is 2.35. The lowest BCUT2D eigenvalue weighted by Gasteiger charge is -2.18. The van der Waals surface area contributed by atoms with Crippen molar-refractivity contribution in [2.45, 2.75) is 25.9 Å². The zero-order valence-corrected chi connectivity index (χ0v) is 15.5. The average Bonchev–Trinajstić information content (AvgIpc) is 3.31. The number of benzene rings is 1. The van der Waals surface area contributed by atoms with Crippen LogP contribution in [0.2, 0.25) is 0 Å². The van der Waals surface area contributed by atoms with E-state index < -0.39 is 18.5 Å². The van der Waals surface area contributed by atoms with Crippen LogP contribution in [-0.4, -0.2) is 40.9 Å². The Kier molecular flexibility index (Phi) is 5.98. The van der Waals surface area contributed by atoms with Crippen molar-refractivity contribution < 1.29 is 28.6 Å². The molecule has 2 heterocycles. The van der Waals surface area contributed by atoms with Gasteiger partial charge in [0.2, 0.25) is 11.8 Å². The number of rotatable bonds is 8. The zero-order valence-electron chi connectivity index (χ0n) is 15.5. The lowest BCUT2D eigenvalue weighted by Crippen LogP contribution is -2.34. The largest absolute Gasteiger partial charge is 0.482 e. The Hall–Kier alpha value is -3.29. The summed E-state index contributed by atoms with van der Waals surface area (Å²) < 4.78 is 10.4. The van der Waals surface area contributed by atoms with Gasteiger partial charge < -0.3 is 24.5 Å². The van der Waals surface area contributed by atoms with E-state index in [1.807, 2.05) is 6.92 Å². The Morgan fingerprint density at radius 1 is 1.32 bits per heavy atom. The number of likely N-dealkylation sites (tertiary alicyclic amines) is 1. The first-order valence-electron chi connectivity index (χ1n) is 8.97. The van der Waals surface area contributed by atoms with E-state index in [0.717, 1.165) is 5.56 Å². The van der Waals surface area contributed by atoms with Crippen LogP contribution in [0.3, 0.4) is 0 Å². The van der Waals surface area contributed by atoms with Gasteiger partial charge in [-0.25, -0.2) is 4.79 Å². The summed E-state index contributed by atoms with van der Waals surface area (Å²) in [4.78, 5) is 36.9. The summed E-state index contributed by atoms with van der Waals surface area (Å²) in [5.74, 6) is -0.550. The standard InChI is InChI=1S/C20H22N2O6/c1-13(14-4-6-16(7-5-14)28-12-19(24)25)21-20(26)15-9-18(23)22(10-15)11-17-3-2-8-27-17/h2-8,13,15H,9-12H2,1H3,(H,21,26)(H,24,25). The Balaban J connectivity index is 1.52. The Morgan fingerprint density at radius 2 is 2.07 bits per heavy atom. The number of nitrogens with zero attached hydrogens (tertiary/aromatic N) is 1. The fourth-order valence-electron chi connectivity index (χ4n) is 3.10. The molecule has 8 heteroatoms. The number of hydrogen-bond donors (Lipinski definition) is 2. The molecule has 148 valence electrons. The van der Waals surface area contributed by atoms with Gasteiger partial charge in [0, 0.05) is 13.0 Å². The summed E-state index contributed by atoms with van der Waals surface area (Å²) in [6, 6.07) is 10.2. The van der Waals surface area contributed by atoms with Crippen LogP contribution in [0.1, 0.15) is 30.7 Å². The molecule has 1 aromatic heterocycles. The zero-order chi connectivity index (χ0) is 20.1. The van der Waals surface area contributed by atoms with Crippen LogP contribution in [0, 0.1) is 5.92 Å². The predicted octanol–water partition coefficient (Wildman–Crippen LogP) is 1.97. The lowest BCUT2D eigenvalue weighted by molar-refractivity contribution is -0.139. The van der Waals surface area contributed by atoms with Crippen LogP contribution in [-0.2, 0) is 20.9 Å². The summed E-state index contributed by atoms with van der Waals surface area (Å²) in [5, 5.41) is 11.6. The van der Waals surface area contributed by atoms with E-state index in [2.05, 4.69) is 5.32 Å². The fraction of sp³-hybridized carbons (Fsp3) is 0.350. The first-order chi connectivity index (χ1) is 13.4. The van der Waals surface area contributed by atoms with Crippen LogP contribution in [0.4, 0.5) is 0 Å². The van der Waals surface area contributed by atoms with Gasteiger partial charge in [0.1, 0.15) is 11.5 Å². The van der Waals surface area contributed by atoms with Gasteiger partial charge in [0.15, 0.2) is 6.61 Å². The van der Waals surface area contributed by atoms with Gasteiger partial charge >= 0.3 is 5.97 Å². The molecule has 1 aliphatic heterocycles. The van der Waals surface area contributed by atoms with Gasteiger partial charge in [-0.15, -0.1) is 0 Å². The smallest absolute Gasteiger partial charge is 0.341 e. The van der Waals surface area contributed by atoms with Crippen LogP contribution in [0.15, 0.2) is 47.1 Å². The van der Waals surface area contributed by atoms with E-state index in [9.17, 15) is 14.4 Å². The maximum absolute atomic E-state index is 12.6. The third-order valence-corrected chi connectivity index (χ3v) is 4.61. The number of furan rings is 1. The molecule has 0 bridgehead atoms. The van der Waals surface area contributed by atoms with Crippen molar-refractivity contribution in [2.24, 2.45) is 5.92 Å². The maximum Gasteiger partial charge on any atom is 0.341 e. The van der Waals surface area contributed by atoms with Crippen molar-refractivity contribution in [2.75, 3.05) is 13.2 Å². The predicted molar refractivity (Wildman–Crippen MR) is 98.4 cm³/mol. The number of aliphatic carboxylic acids is 1. The molecule has 1 aliphatic rings. The van der Waals surface area contributed by atoms with E-state index in [-0.39, 0.29) is 24.3 Å². The monoisotopic (exact) mass is 386 g/mol. The lowest BCUT2D eigenvalue weighted by atomic mass is 10.0. The van der Waals surface area contributed by atoms with Gasteiger partial charge in [-0.1, -0.05) is 12.1 Å². The summed E-state index contributed by atoms with van der Waals surface area (Å²) in [5.41, 5.74) is 0.854. The van der Waals surface area contributed by atoms with E-state index in [1.54, 1.807) is 47.6 Å². The van der Waals surface area contributed by atoms with Crippen molar-refractivity contribution in [3.63, 3.8) is 0 Å². The highest BCUT2D eigenvalue weighted by atomic mass is 16.5. The molecule has 1 fully saturated rings. The van der Waals surface area contributed by atoms with Gasteiger partial charge in [0.25, 0.3) is 0 Å². The van der Waals surface area contributed by atoms with Gasteiger partial charge in [-0.3, -0.25) is 9.59 Å². The van der Waals surface area contributed by atoms with Gasteiger partial charge in [0.05, 0.1) is 24.8 Å². The number of carbonyl (C=O) groups excluding carboxylic acids is 2. The quantitative estimate of drug-likeness (QED) is 0.718.